The Labute approximate surface area is 134 Å². The molecule has 0 saturated carbocycles. The number of aromatic nitrogens is 2. The maximum absolute atomic E-state index is 11.8. The Balaban J connectivity index is 1.91. The molecule has 23 heavy (non-hydrogen) atoms. The molecule has 0 fully saturated rings. The Morgan fingerprint density at radius 2 is 1.74 bits per heavy atom. The van der Waals surface area contributed by atoms with Crippen LogP contribution in [0.5, 0.6) is 5.75 Å². The molecule has 1 heterocycles. The summed E-state index contributed by atoms with van der Waals surface area (Å²) in [4.78, 5) is 19.9. The first kappa shape index (κ1) is 14.9. The average Bonchev–Trinajstić information content (AvgIpc) is 2.61. The van der Waals surface area contributed by atoms with Gasteiger partial charge >= 0.3 is 0 Å². The van der Waals surface area contributed by atoms with Crippen LogP contribution in [0.1, 0.15) is 22.8 Å². The van der Waals surface area contributed by atoms with Crippen molar-refractivity contribution in [2.45, 2.75) is 13.5 Å². The third kappa shape index (κ3) is 3.61. The molecule has 0 spiro atoms. The van der Waals surface area contributed by atoms with Crippen molar-refractivity contribution in [3.8, 4) is 16.9 Å². The second kappa shape index (κ2) is 6.83. The molecule has 1 aromatic heterocycles. The zero-order valence-electron chi connectivity index (χ0n) is 12.8. The lowest BCUT2D eigenvalue weighted by Gasteiger charge is -2.12. The number of ether oxygens (including phenoxy) is 1. The zero-order chi connectivity index (χ0) is 16.1. The van der Waals surface area contributed by atoms with Gasteiger partial charge in [0, 0.05) is 18.0 Å². The summed E-state index contributed by atoms with van der Waals surface area (Å²) in [7, 11) is 0. The quantitative estimate of drug-likeness (QED) is 0.670. The molecule has 0 aliphatic carbocycles. The monoisotopic (exact) mass is 304 g/mol. The van der Waals surface area contributed by atoms with E-state index in [1.165, 1.54) is 13.3 Å². The van der Waals surface area contributed by atoms with Crippen molar-refractivity contribution in [1.29, 1.82) is 0 Å². The van der Waals surface area contributed by atoms with Crippen molar-refractivity contribution in [1.82, 2.24) is 9.97 Å². The summed E-state index contributed by atoms with van der Waals surface area (Å²) < 4.78 is 5.89. The molecule has 0 aliphatic rings. The van der Waals surface area contributed by atoms with E-state index < -0.39 is 0 Å². The van der Waals surface area contributed by atoms with Crippen molar-refractivity contribution >= 4 is 5.78 Å². The minimum absolute atomic E-state index is 0.0241. The number of Topliss-reactive ketones (excluding diaryl/α,β-unsaturated/α-hetero) is 1. The van der Waals surface area contributed by atoms with Gasteiger partial charge in [-0.3, -0.25) is 4.79 Å². The first-order chi connectivity index (χ1) is 11.2. The number of rotatable bonds is 5. The van der Waals surface area contributed by atoms with Crippen molar-refractivity contribution < 1.29 is 9.53 Å². The third-order valence-corrected chi connectivity index (χ3v) is 3.49. The highest BCUT2D eigenvalue weighted by Gasteiger charge is 2.11. The summed E-state index contributed by atoms with van der Waals surface area (Å²) in [6.07, 6.45) is 4.95. The Bertz CT molecular complexity index is 802. The van der Waals surface area contributed by atoms with Crippen LogP contribution in [0.15, 0.2) is 67.3 Å². The largest absolute Gasteiger partial charge is 0.488 e. The van der Waals surface area contributed by atoms with Crippen LogP contribution in [-0.2, 0) is 6.61 Å². The fraction of sp³-hybridized carbons (Fsp3) is 0.105. The van der Waals surface area contributed by atoms with Gasteiger partial charge in [-0.2, -0.15) is 0 Å². The van der Waals surface area contributed by atoms with Gasteiger partial charge in [0.15, 0.2) is 5.78 Å². The fourth-order valence-electron chi connectivity index (χ4n) is 2.30. The molecule has 0 radical (unpaired) electrons. The van der Waals surface area contributed by atoms with E-state index in [1.807, 2.05) is 42.5 Å². The molecule has 0 amide bonds. The second-order valence-corrected chi connectivity index (χ2v) is 5.17. The molecule has 4 nitrogen and oxygen atoms in total. The average molecular weight is 304 g/mol. The summed E-state index contributed by atoms with van der Waals surface area (Å²) in [5.74, 6) is 0.548. The van der Waals surface area contributed by atoms with E-state index in [-0.39, 0.29) is 5.78 Å². The number of hydrogen-bond acceptors (Lipinski definition) is 4. The maximum Gasteiger partial charge on any atom is 0.163 e. The molecule has 0 aliphatic heterocycles. The summed E-state index contributed by atoms with van der Waals surface area (Å²) >= 11 is 0. The molecule has 0 bridgehead atoms. The number of carbonyl (C=O) groups is 1. The topological polar surface area (TPSA) is 52.1 Å². The SMILES string of the molecule is CC(=O)c1ccc(-c2cncnc2)cc1OCc1ccccc1. The molecule has 3 aromatic rings. The van der Waals surface area contributed by atoms with E-state index in [4.69, 9.17) is 4.74 Å². The van der Waals surface area contributed by atoms with E-state index in [1.54, 1.807) is 18.5 Å². The van der Waals surface area contributed by atoms with Gasteiger partial charge in [-0.25, -0.2) is 9.97 Å². The van der Waals surface area contributed by atoms with Crippen LogP contribution in [0.25, 0.3) is 11.1 Å². The highest BCUT2D eigenvalue weighted by atomic mass is 16.5. The predicted molar refractivity (Wildman–Crippen MR) is 88.2 cm³/mol. The van der Waals surface area contributed by atoms with Gasteiger partial charge < -0.3 is 4.74 Å². The van der Waals surface area contributed by atoms with Crippen LogP contribution in [0.3, 0.4) is 0 Å². The number of carbonyl (C=O) groups excluding carboxylic acids is 1. The van der Waals surface area contributed by atoms with Crippen molar-refractivity contribution in [3.05, 3.63) is 78.4 Å². The predicted octanol–water partition coefficient (Wildman–Crippen LogP) is 3.93. The Hall–Kier alpha value is -3.01. The van der Waals surface area contributed by atoms with Gasteiger partial charge in [0.2, 0.25) is 0 Å². The molecular weight excluding hydrogens is 288 g/mol. The van der Waals surface area contributed by atoms with E-state index in [0.29, 0.717) is 17.9 Å². The Morgan fingerprint density at radius 3 is 2.43 bits per heavy atom. The van der Waals surface area contributed by atoms with Crippen molar-refractivity contribution in [3.63, 3.8) is 0 Å². The van der Waals surface area contributed by atoms with Crippen LogP contribution in [0, 0.1) is 0 Å². The van der Waals surface area contributed by atoms with Crippen molar-refractivity contribution in [2.75, 3.05) is 0 Å². The van der Waals surface area contributed by atoms with Gasteiger partial charge in [-0.15, -0.1) is 0 Å². The number of benzene rings is 2. The first-order valence-electron chi connectivity index (χ1n) is 7.31. The zero-order valence-corrected chi connectivity index (χ0v) is 12.8. The number of ketones is 1. The second-order valence-electron chi connectivity index (χ2n) is 5.17. The molecule has 3 rings (SSSR count). The summed E-state index contributed by atoms with van der Waals surface area (Å²) in [5, 5.41) is 0. The fourth-order valence-corrected chi connectivity index (χ4v) is 2.30. The van der Waals surface area contributed by atoms with Crippen LogP contribution < -0.4 is 4.74 Å². The van der Waals surface area contributed by atoms with Crippen LogP contribution >= 0.6 is 0 Å². The standard InChI is InChI=1S/C19H16N2O2/c1-14(22)18-8-7-16(17-10-20-13-21-11-17)9-19(18)23-12-15-5-3-2-4-6-15/h2-11,13H,12H2,1H3. The first-order valence-corrected chi connectivity index (χ1v) is 7.31. The van der Waals surface area contributed by atoms with E-state index in [0.717, 1.165) is 16.7 Å². The molecule has 0 N–H and O–H groups in total. The van der Waals surface area contributed by atoms with Crippen LogP contribution in [-0.4, -0.2) is 15.8 Å². The maximum atomic E-state index is 11.8. The molecule has 0 unspecified atom stereocenters. The van der Waals surface area contributed by atoms with E-state index in [2.05, 4.69) is 9.97 Å². The van der Waals surface area contributed by atoms with Crippen molar-refractivity contribution in [2.24, 2.45) is 0 Å². The summed E-state index contributed by atoms with van der Waals surface area (Å²) in [5.41, 5.74) is 3.42. The minimum atomic E-state index is -0.0241. The third-order valence-electron chi connectivity index (χ3n) is 3.49. The minimum Gasteiger partial charge on any atom is -0.488 e. The Kier molecular flexibility index (Phi) is 4.43. The number of nitrogens with zero attached hydrogens (tertiary/aromatic N) is 2. The molecule has 0 saturated heterocycles. The normalized spacial score (nSPS) is 10.3. The molecule has 2 aromatic carbocycles. The molecule has 114 valence electrons. The lowest BCUT2D eigenvalue weighted by atomic mass is 10.0. The highest BCUT2D eigenvalue weighted by Crippen LogP contribution is 2.27. The Morgan fingerprint density at radius 1 is 1.00 bits per heavy atom. The van der Waals surface area contributed by atoms with Gasteiger partial charge in [-0.05, 0) is 30.2 Å². The lowest BCUT2D eigenvalue weighted by Crippen LogP contribution is -2.02. The summed E-state index contributed by atoms with van der Waals surface area (Å²) in [6, 6.07) is 15.4. The van der Waals surface area contributed by atoms with E-state index in [9.17, 15) is 4.79 Å². The molecular formula is C19H16N2O2. The van der Waals surface area contributed by atoms with Gasteiger partial charge in [-0.1, -0.05) is 36.4 Å². The smallest absolute Gasteiger partial charge is 0.163 e. The molecule has 0 atom stereocenters. The number of hydrogen-bond donors (Lipinski definition) is 0. The van der Waals surface area contributed by atoms with E-state index >= 15 is 0 Å². The lowest BCUT2D eigenvalue weighted by molar-refractivity contribution is 0.101. The van der Waals surface area contributed by atoms with Gasteiger partial charge in [0.1, 0.15) is 18.7 Å². The van der Waals surface area contributed by atoms with Gasteiger partial charge in [0.05, 0.1) is 5.56 Å². The summed E-state index contributed by atoms with van der Waals surface area (Å²) in [6.45, 7) is 1.95. The molecule has 4 heteroatoms. The highest BCUT2D eigenvalue weighted by molar-refractivity contribution is 5.97. The van der Waals surface area contributed by atoms with Crippen LogP contribution in [0.4, 0.5) is 0 Å². The van der Waals surface area contributed by atoms with Gasteiger partial charge in [0.25, 0.3) is 0 Å². The van der Waals surface area contributed by atoms with Crippen LogP contribution in [0.2, 0.25) is 0 Å².